The maximum absolute atomic E-state index is 10.7. The van der Waals surface area contributed by atoms with Crippen LogP contribution in [0.2, 0.25) is 0 Å². The van der Waals surface area contributed by atoms with Crippen molar-refractivity contribution in [1.82, 2.24) is 10.1 Å². The third kappa shape index (κ3) is 3.43. The highest BCUT2D eigenvalue weighted by Gasteiger charge is 2.13. The number of carbonyl (C=O) groups excluding carboxylic acids is 1. The summed E-state index contributed by atoms with van der Waals surface area (Å²) in [5.41, 5.74) is 8.97. The van der Waals surface area contributed by atoms with Crippen LogP contribution in [0.4, 0.5) is 0 Å². The van der Waals surface area contributed by atoms with E-state index in [-0.39, 0.29) is 6.61 Å². The van der Waals surface area contributed by atoms with Crippen LogP contribution in [0.25, 0.3) is 22.8 Å². The van der Waals surface area contributed by atoms with Crippen molar-refractivity contribution in [2.75, 3.05) is 6.61 Å². The molecule has 0 aliphatic rings. The highest BCUT2D eigenvalue weighted by atomic mass is 16.5. The fraction of sp³-hybridized carbons (Fsp3) is 0.167. The summed E-state index contributed by atoms with van der Waals surface area (Å²) >= 11 is 0. The number of hydrogen-bond donors (Lipinski definition) is 1. The molecule has 0 aliphatic heterocycles. The number of nitrogens with zero attached hydrogens (tertiary/aromatic N) is 2. The Hall–Kier alpha value is -3.15. The first kappa shape index (κ1) is 15.7. The van der Waals surface area contributed by atoms with Gasteiger partial charge in [0.2, 0.25) is 5.82 Å². The number of primary amides is 1. The zero-order chi connectivity index (χ0) is 17.1. The molecule has 0 aliphatic carbocycles. The van der Waals surface area contributed by atoms with Gasteiger partial charge in [-0.1, -0.05) is 22.9 Å². The number of ether oxygens (including phenoxy) is 1. The second-order valence-electron chi connectivity index (χ2n) is 5.52. The van der Waals surface area contributed by atoms with Crippen molar-refractivity contribution in [1.29, 1.82) is 0 Å². The smallest absolute Gasteiger partial charge is 0.258 e. The summed E-state index contributed by atoms with van der Waals surface area (Å²) in [5.74, 6) is 1.01. The van der Waals surface area contributed by atoms with E-state index >= 15 is 0 Å². The summed E-state index contributed by atoms with van der Waals surface area (Å²) < 4.78 is 10.6. The topological polar surface area (TPSA) is 91.2 Å². The van der Waals surface area contributed by atoms with Crippen molar-refractivity contribution in [2.45, 2.75) is 13.8 Å². The molecule has 1 heterocycles. The Balaban J connectivity index is 1.83. The van der Waals surface area contributed by atoms with Gasteiger partial charge in [0.1, 0.15) is 5.75 Å². The number of hydrogen-bond acceptors (Lipinski definition) is 5. The van der Waals surface area contributed by atoms with Crippen LogP contribution in [0.3, 0.4) is 0 Å². The molecule has 0 unspecified atom stereocenters. The third-order valence-electron chi connectivity index (χ3n) is 3.54. The normalized spacial score (nSPS) is 10.6. The van der Waals surface area contributed by atoms with Crippen LogP contribution in [0.1, 0.15) is 11.1 Å². The first-order valence-corrected chi connectivity index (χ1v) is 7.46. The molecule has 6 nitrogen and oxygen atoms in total. The van der Waals surface area contributed by atoms with Crippen molar-refractivity contribution in [3.63, 3.8) is 0 Å². The lowest BCUT2D eigenvalue weighted by molar-refractivity contribution is -0.119. The second-order valence-corrected chi connectivity index (χ2v) is 5.52. The number of benzene rings is 2. The summed E-state index contributed by atoms with van der Waals surface area (Å²) in [7, 11) is 0. The van der Waals surface area contributed by atoms with Crippen LogP contribution in [0, 0.1) is 13.8 Å². The van der Waals surface area contributed by atoms with E-state index in [9.17, 15) is 4.79 Å². The minimum Gasteiger partial charge on any atom is -0.484 e. The number of amides is 1. The van der Waals surface area contributed by atoms with Gasteiger partial charge >= 0.3 is 0 Å². The Morgan fingerprint density at radius 3 is 2.62 bits per heavy atom. The Morgan fingerprint density at radius 1 is 1.17 bits per heavy atom. The molecule has 3 aromatic rings. The highest BCUT2D eigenvalue weighted by Crippen LogP contribution is 2.26. The number of rotatable bonds is 5. The summed E-state index contributed by atoms with van der Waals surface area (Å²) in [6, 6.07) is 13.1. The fourth-order valence-electron chi connectivity index (χ4n) is 2.27. The highest BCUT2D eigenvalue weighted by molar-refractivity contribution is 5.75. The molecule has 0 radical (unpaired) electrons. The molecule has 0 atom stereocenters. The molecule has 3 rings (SSSR count). The Morgan fingerprint density at radius 2 is 1.92 bits per heavy atom. The van der Waals surface area contributed by atoms with Crippen molar-refractivity contribution >= 4 is 5.91 Å². The summed E-state index contributed by atoms with van der Waals surface area (Å²) in [4.78, 5) is 15.2. The summed E-state index contributed by atoms with van der Waals surface area (Å²) in [5, 5.41) is 4.04. The third-order valence-corrected chi connectivity index (χ3v) is 3.54. The molecular weight excluding hydrogens is 306 g/mol. The molecule has 122 valence electrons. The predicted octanol–water partition coefficient (Wildman–Crippen LogP) is 2.88. The maximum atomic E-state index is 10.7. The molecular formula is C18H17N3O3. The van der Waals surface area contributed by atoms with Gasteiger partial charge < -0.3 is 15.0 Å². The zero-order valence-electron chi connectivity index (χ0n) is 13.4. The average molecular weight is 323 g/mol. The van der Waals surface area contributed by atoms with Crippen LogP contribution >= 0.6 is 0 Å². The van der Waals surface area contributed by atoms with Crippen LogP contribution < -0.4 is 10.5 Å². The zero-order valence-corrected chi connectivity index (χ0v) is 13.4. The second kappa shape index (κ2) is 6.54. The Bertz CT molecular complexity index is 869. The van der Waals surface area contributed by atoms with Crippen molar-refractivity contribution < 1.29 is 14.1 Å². The molecule has 2 aromatic carbocycles. The van der Waals surface area contributed by atoms with Gasteiger partial charge in [0.05, 0.1) is 0 Å². The Kier molecular flexibility index (Phi) is 4.29. The van der Waals surface area contributed by atoms with Crippen LogP contribution in [0.15, 0.2) is 47.0 Å². The predicted molar refractivity (Wildman–Crippen MR) is 89.3 cm³/mol. The van der Waals surface area contributed by atoms with Gasteiger partial charge in [0.25, 0.3) is 11.8 Å². The van der Waals surface area contributed by atoms with Gasteiger partial charge in [-0.25, -0.2) is 0 Å². The van der Waals surface area contributed by atoms with Crippen molar-refractivity contribution in [2.24, 2.45) is 5.73 Å². The van der Waals surface area contributed by atoms with E-state index in [0.717, 1.165) is 22.3 Å². The first-order chi connectivity index (χ1) is 11.5. The van der Waals surface area contributed by atoms with E-state index in [0.29, 0.717) is 17.5 Å². The van der Waals surface area contributed by atoms with Crippen LogP contribution in [0.5, 0.6) is 5.75 Å². The van der Waals surface area contributed by atoms with Gasteiger partial charge in [-0.15, -0.1) is 0 Å². The number of nitrogens with two attached hydrogens (primary N) is 1. The van der Waals surface area contributed by atoms with Crippen LogP contribution in [-0.4, -0.2) is 22.7 Å². The number of aryl methyl sites for hydroxylation is 2. The molecule has 6 heteroatoms. The first-order valence-electron chi connectivity index (χ1n) is 7.46. The molecule has 0 fully saturated rings. The maximum Gasteiger partial charge on any atom is 0.258 e. The molecule has 0 bridgehead atoms. The van der Waals surface area contributed by atoms with Gasteiger partial charge in [-0.2, -0.15) is 4.98 Å². The molecule has 0 saturated carbocycles. The SMILES string of the molecule is Cc1ccc(C)c(-c2nc(-c3ccc(OCC(N)=O)cc3)no2)c1. The quantitative estimate of drug-likeness (QED) is 0.779. The summed E-state index contributed by atoms with van der Waals surface area (Å²) in [6.45, 7) is 3.87. The van der Waals surface area contributed by atoms with E-state index in [1.54, 1.807) is 24.3 Å². The Labute approximate surface area is 139 Å². The van der Waals surface area contributed by atoms with Gasteiger partial charge in [0.15, 0.2) is 6.61 Å². The number of aromatic nitrogens is 2. The van der Waals surface area contributed by atoms with E-state index in [1.165, 1.54) is 0 Å². The van der Waals surface area contributed by atoms with Gasteiger partial charge in [-0.3, -0.25) is 4.79 Å². The van der Waals surface area contributed by atoms with Crippen molar-refractivity contribution in [3.8, 4) is 28.6 Å². The molecule has 0 saturated heterocycles. The average Bonchev–Trinajstić information content (AvgIpc) is 3.05. The van der Waals surface area contributed by atoms with E-state index in [2.05, 4.69) is 10.1 Å². The van der Waals surface area contributed by atoms with Crippen LogP contribution in [-0.2, 0) is 4.79 Å². The largest absolute Gasteiger partial charge is 0.484 e. The fourth-order valence-corrected chi connectivity index (χ4v) is 2.27. The molecule has 2 N–H and O–H groups in total. The lowest BCUT2D eigenvalue weighted by Gasteiger charge is -2.03. The molecule has 1 aromatic heterocycles. The standard InChI is InChI=1S/C18H17N3O3/c1-11-3-4-12(2)15(9-11)18-20-17(21-24-18)13-5-7-14(8-6-13)23-10-16(19)22/h3-9H,10H2,1-2H3,(H2,19,22). The summed E-state index contributed by atoms with van der Waals surface area (Å²) in [6.07, 6.45) is 0. The lowest BCUT2D eigenvalue weighted by atomic mass is 10.1. The number of carbonyl (C=O) groups is 1. The molecule has 24 heavy (non-hydrogen) atoms. The van der Waals surface area contributed by atoms with Gasteiger partial charge in [-0.05, 0) is 49.7 Å². The molecule has 0 spiro atoms. The van der Waals surface area contributed by atoms with E-state index < -0.39 is 5.91 Å². The minimum absolute atomic E-state index is 0.154. The van der Waals surface area contributed by atoms with E-state index in [1.807, 2.05) is 32.0 Å². The van der Waals surface area contributed by atoms with E-state index in [4.69, 9.17) is 15.0 Å². The lowest BCUT2D eigenvalue weighted by Crippen LogP contribution is -2.19. The minimum atomic E-state index is -0.518. The van der Waals surface area contributed by atoms with Crippen molar-refractivity contribution in [3.05, 3.63) is 53.6 Å². The van der Waals surface area contributed by atoms with Gasteiger partial charge in [0, 0.05) is 11.1 Å². The molecule has 1 amide bonds. The monoisotopic (exact) mass is 323 g/mol.